The number of aromatic nitrogens is 2. The van der Waals surface area contributed by atoms with Gasteiger partial charge in [0.2, 0.25) is 15.9 Å². The molecule has 2 aromatic heterocycles. The first kappa shape index (κ1) is 17.9. The molecule has 0 atom stereocenters. The normalized spacial score (nSPS) is 16.6. The first-order valence-electron chi connectivity index (χ1n) is 8.90. The molecule has 0 N–H and O–H groups in total. The third kappa shape index (κ3) is 3.96. The summed E-state index contributed by atoms with van der Waals surface area (Å²) in [5.74, 6) is 1.09. The van der Waals surface area contributed by atoms with E-state index in [-0.39, 0.29) is 11.7 Å². The summed E-state index contributed by atoms with van der Waals surface area (Å²) in [6.07, 6.45) is 4.44. The van der Waals surface area contributed by atoms with Gasteiger partial charge in [-0.1, -0.05) is 29.8 Å². The lowest BCUT2D eigenvalue weighted by Gasteiger charge is -2.29. The lowest BCUT2D eigenvalue weighted by molar-refractivity contribution is 0.291. The van der Waals surface area contributed by atoms with E-state index in [0.29, 0.717) is 37.7 Å². The highest BCUT2D eigenvalue weighted by atomic mass is 32.2. The third-order valence-corrected chi connectivity index (χ3v) is 6.69. The molecule has 0 amide bonds. The second-order valence-electron chi connectivity index (χ2n) is 6.88. The minimum absolute atomic E-state index is 0.0323. The van der Waals surface area contributed by atoms with Crippen molar-refractivity contribution in [1.29, 1.82) is 0 Å². The molecule has 0 radical (unpaired) electrons. The maximum absolute atomic E-state index is 12.7. The van der Waals surface area contributed by atoms with Crippen molar-refractivity contribution < 1.29 is 17.3 Å². The fourth-order valence-electron chi connectivity index (χ4n) is 3.39. The van der Waals surface area contributed by atoms with Crippen molar-refractivity contribution in [3.8, 4) is 11.5 Å². The quantitative estimate of drug-likeness (QED) is 0.667. The fraction of sp³-hybridized carbons (Fsp3) is 0.368. The van der Waals surface area contributed by atoms with Crippen LogP contribution in [0.3, 0.4) is 0 Å². The van der Waals surface area contributed by atoms with Crippen LogP contribution >= 0.6 is 0 Å². The lowest BCUT2D eigenvalue weighted by atomic mass is 9.98. The van der Waals surface area contributed by atoms with Crippen LogP contribution in [0.25, 0.3) is 11.5 Å². The number of aryl methyl sites for hydroxylation is 1. The molecule has 1 aromatic carbocycles. The van der Waals surface area contributed by atoms with Gasteiger partial charge < -0.3 is 8.83 Å². The average molecular weight is 387 g/mol. The van der Waals surface area contributed by atoms with Crippen LogP contribution in [-0.4, -0.2) is 36.0 Å². The number of furan rings is 1. The van der Waals surface area contributed by atoms with Gasteiger partial charge in [-0.15, -0.1) is 10.2 Å². The molecular formula is C19H21N3O4S. The predicted octanol–water partition coefficient (Wildman–Crippen LogP) is 3.35. The molecule has 142 valence electrons. The summed E-state index contributed by atoms with van der Waals surface area (Å²) in [4.78, 5) is 0. The summed E-state index contributed by atoms with van der Waals surface area (Å²) in [6.45, 7) is 2.88. The van der Waals surface area contributed by atoms with Crippen LogP contribution in [-0.2, 0) is 15.8 Å². The highest BCUT2D eigenvalue weighted by Crippen LogP contribution is 2.31. The summed E-state index contributed by atoms with van der Waals surface area (Å²) >= 11 is 0. The first-order valence-corrected chi connectivity index (χ1v) is 10.5. The molecule has 3 aromatic rings. The van der Waals surface area contributed by atoms with Gasteiger partial charge in [-0.3, -0.25) is 0 Å². The molecule has 1 aliphatic rings. The highest BCUT2D eigenvalue weighted by Gasteiger charge is 2.31. The van der Waals surface area contributed by atoms with Crippen molar-refractivity contribution in [3.63, 3.8) is 0 Å². The standard InChI is InChI=1S/C19H21N3O4S/c1-14-3-2-4-15(11-14)13-27(23,24)22-8-5-16(6-9-22)18-20-21-19(26-18)17-7-10-25-12-17/h2-4,7,10-12,16H,5-6,8-9,13H2,1H3. The molecule has 0 saturated carbocycles. The number of rotatable bonds is 5. The zero-order valence-electron chi connectivity index (χ0n) is 15.0. The molecule has 0 bridgehead atoms. The van der Waals surface area contributed by atoms with Crippen molar-refractivity contribution in [1.82, 2.24) is 14.5 Å². The lowest BCUT2D eigenvalue weighted by Crippen LogP contribution is -2.38. The SMILES string of the molecule is Cc1cccc(CS(=O)(=O)N2CCC(c3nnc(-c4ccoc4)o3)CC2)c1. The summed E-state index contributed by atoms with van der Waals surface area (Å²) in [5, 5.41) is 8.19. The Bertz CT molecular complexity index is 1000. The minimum Gasteiger partial charge on any atom is -0.472 e. The molecule has 8 heteroatoms. The third-order valence-electron chi connectivity index (χ3n) is 4.84. The van der Waals surface area contributed by atoms with Crippen molar-refractivity contribution >= 4 is 10.0 Å². The van der Waals surface area contributed by atoms with Gasteiger partial charge in [-0.25, -0.2) is 12.7 Å². The van der Waals surface area contributed by atoms with Crippen molar-refractivity contribution in [3.05, 3.63) is 59.9 Å². The Morgan fingerprint density at radius 2 is 2.00 bits per heavy atom. The van der Waals surface area contributed by atoms with Gasteiger partial charge in [0, 0.05) is 19.0 Å². The van der Waals surface area contributed by atoms with Gasteiger partial charge in [0.15, 0.2) is 0 Å². The second kappa shape index (κ2) is 7.28. The van der Waals surface area contributed by atoms with E-state index in [4.69, 9.17) is 8.83 Å². The number of sulfonamides is 1. The molecule has 1 fully saturated rings. The smallest absolute Gasteiger partial charge is 0.250 e. The first-order chi connectivity index (χ1) is 13.0. The van der Waals surface area contributed by atoms with Crippen molar-refractivity contribution in [2.24, 2.45) is 0 Å². The van der Waals surface area contributed by atoms with Crippen LogP contribution in [0.4, 0.5) is 0 Å². The van der Waals surface area contributed by atoms with E-state index in [2.05, 4.69) is 10.2 Å². The Balaban J connectivity index is 1.40. The van der Waals surface area contributed by atoms with Crippen molar-refractivity contribution in [2.45, 2.75) is 31.4 Å². The van der Waals surface area contributed by atoms with Crippen LogP contribution in [0.5, 0.6) is 0 Å². The summed E-state index contributed by atoms with van der Waals surface area (Å²) in [7, 11) is -3.33. The maximum Gasteiger partial charge on any atom is 0.250 e. The molecular weight excluding hydrogens is 366 g/mol. The van der Waals surface area contributed by atoms with Crippen LogP contribution in [0, 0.1) is 6.92 Å². The monoisotopic (exact) mass is 387 g/mol. The Morgan fingerprint density at radius 1 is 1.19 bits per heavy atom. The van der Waals surface area contributed by atoms with Gasteiger partial charge in [0.25, 0.3) is 5.89 Å². The number of nitrogens with zero attached hydrogens (tertiary/aromatic N) is 3. The molecule has 7 nitrogen and oxygen atoms in total. The number of piperidine rings is 1. The summed E-state index contributed by atoms with van der Waals surface area (Å²) < 4.78 is 37.8. The summed E-state index contributed by atoms with van der Waals surface area (Å²) in [6, 6.07) is 9.38. The Hall–Kier alpha value is -2.45. The zero-order valence-corrected chi connectivity index (χ0v) is 15.9. The largest absolute Gasteiger partial charge is 0.472 e. The van der Waals surface area contributed by atoms with E-state index in [0.717, 1.165) is 16.7 Å². The maximum atomic E-state index is 12.7. The average Bonchev–Trinajstić information content (AvgIpc) is 3.33. The topological polar surface area (TPSA) is 89.4 Å². The molecule has 3 heterocycles. The van der Waals surface area contributed by atoms with Crippen LogP contribution in [0.1, 0.15) is 35.8 Å². The van der Waals surface area contributed by atoms with Crippen molar-refractivity contribution in [2.75, 3.05) is 13.1 Å². The van der Waals surface area contributed by atoms with Crippen LogP contribution in [0.15, 0.2) is 51.7 Å². The van der Waals surface area contributed by atoms with E-state index >= 15 is 0 Å². The molecule has 27 heavy (non-hydrogen) atoms. The number of hydrogen-bond donors (Lipinski definition) is 0. The van der Waals surface area contributed by atoms with E-state index in [1.165, 1.54) is 0 Å². The van der Waals surface area contributed by atoms with Gasteiger partial charge in [-0.05, 0) is 31.4 Å². The molecule has 0 aliphatic carbocycles. The van der Waals surface area contributed by atoms with E-state index in [9.17, 15) is 8.42 Å². The highest BCUT2D eigenvalue weighted by molar-refractivity contribution is 7.88. The Morgan fingerprint density at radius 3 is 2.70 bits per heavy atom. The van der Waals surface area contributed by atoms with E-state index < -0.39 is 10.0 Å². The fourth-order valence-corrected chi connectivity index (χ4v) is 4.94. The predicted molar refractivity (Wildman–Crippen MR) is 99.4 cm³/mol. The second-order valence-corrected chi connectivity index (χ2v) is 8.84. The number of benzene rings is 1. The summed E-state index contributed by atoms with van der Waals surface area (Å²) in [5.41, 5.74) is 2.62. The van der Waals surface area contributed by atoms with E-state index in [1.54, 1.807) is 22.9 Å². The molecule has 1 saturated heterocycles. The van der Waals surface area contributed by atoms with Crippen LogP contribution < -0.4 is 0 Å². The Labute approximate surface area is 158 Å². The molecule has 4 rings (SSSR count). The van der Waals surface area contributed by atoms with Crippen LogP contribution in [0.2, 0.25) is 0 Å². The molecule has 1 aliphatic heterocycles. The minimum atomic E-state index is -3.33. The number of hydrogen-bond acceptors (Lipinski definition) is 6. The molecule has 0 unspecified atom stereocenters. The van der Waals surface area contributed by atoms with E-state index in [1.807, 2.05) is 31.2 Å². The molecule has 0 spiro atoms. The van der Waals surface area contributed by atoms with Gasteiger partial charge in [-0.2, -0.15) is 0 Å². The Kier molecular flexibility index (Phi) is 4.84. The van der Waals surface area contributed by atoms with Gasteiger partial charge in [0.1, 0.15) is 6.26 Å². The van der Waals surface area contributed by atoms with Gasteiger partial charge in [0.05, 0.1) is 17.6 Å². The van der Waals surface area contributed by atoms with Gasteiger partial charge >= 0.3 is 0 Å². The zero-order chi connectivity index (χ0) is 18.9.